The number of rotatable bonds is 3. The third kappa shape index (κ3) is 2.76. The average molecular weight is 365 g/mol. The minimum atomic E-state index is -3.70. The van der Waals surface area contributed by atoms with E-state index in [4.69, 9.17) is 27.9 Å². The minimum absolute atomic E-state index is 0.0733. The van der Waals surface area contributed by atoms with Crippen molar-refractivity contribution in [2.45, 2.75) is 36.7 Å². The second-order valence-corrected chi connectivity index (χ2v) is 8.72. The van der Waals surface area contributed by atoms with E-state index < -0.39 is 10.0 Å². The van der Waals surface area contributed by atoms with E-state index in [2.05, 4.69) is 4.98 Å². The van der Waals surface area contributed by atoms with Crippen LogP contribution < -0.4 is 0 Å². The zero-order chi connectivity index (χ0) is 16.0. The molecule has 0 radical (unpaired) electrons. The number of piperidine rings is 1. The number of halogens is 2. The number of hydrogen-bond acceptors (Lipinski definition) is 4. The lowest BCUT2D eigenvalue weighted by molar-refractivity contribution is -0.0804. The number of nitrogens with zero attached hydrogens (tertiary/aromatic N) is 2. The molecule has 1 aliphatic heterocycles. The van der Waals surface area contributed by atoms with E-state index in [9.17, 15) is 8.42 Å². The third-order valence-electron chi connectivity index (χ3n) is 4.85. The van der Waals surface area contributed by atoms with Crippen molar-refractivity contribution in [3.8, 4) is 0 Å². The van der Waals surface area contributed by atoms with Crippen molar-refractivity contribution in [2.75, 3.05) is 20.2 Å². The van der Waals surface area contributed by atoms with Crippen LogP contribution in [0.5, 0.6) is 0 Å². The molecule has 0 aromatic carbocycles. The smallest absolute Gasteiger partial charge is 0.247 e. The molecule has 8 heteroatoms. The Morgan fingerprint density at radius 2 is 1.95 bits per heavy atom. The summed E-state index contributed by atoms with van der Waals surface area (Å²) in [7, 11) is -1.98. The van der Waals surface area contributed by atoms with E-state index in [1.54, 1.807) is 7.11 Å². The Balaban J connectivity index is 1.76. The first kappa shape index (κ1) is 16.5. The molecule has 3 rings (SSSR count). The van der Waals surface area contributed by atoms with Gasteiger partial charge in [-0.1, -0.05) is 23.2 Å². The summed E-state index contributed by atoms with van der Waals surface area (Å²) in [5.74, 6) is 0. The van der Waals surface area contributed by atoms with E-state index in [0.29, 0.717) is 19.2 Å². The van der Waals surface area contributed by atoms with Crippen LogP contribution >= 0.6 is 23.2 Å². The highest BCUT2D eigenvalue weighted by molar-refractivity contribution is 7.89. The van der Waals surface area contributed by atoms with Crippen molar-refractivity contribution < 1.29 is 13.2 Å². The second-order valence-electron chi connectivity index (χ2n) is 6.08. The Hall–Kier alpha value is -0.400. The summed E-state index contributed by atoms with van der Waals surface area (Å²) in [4.78, 5) is 3.75. The molecule has 1 spiro atoms. The average Bonchev–Trinajstić information content (AvgIpc) is 2.44. The van der Waals surface area contributed by atoms with Gasteiger partial charge in [0.15, 0.2) is 5.15 Å². The first-order valence-electron chi connectivity index (χ1n) is 7.21. The van der Waals surface area contributed by atoms with Crippen molar-refractivity contribution in [3.63, 3.8) is 0 Å². The normalized spacial score (nSPS) is 22.7. The maximum absolute atomic E-state index is 12.8. The van der Waals surface area contributed by atoms with Gasteiger partial charge in [-0.2, -0.15) is 4.31 Å². The van der Waals surface area contributed by atoms with Crippen LogP contribution in [0.15, 0.2) is 17.2 Å². The van der Waals surface area contributed by atoms with E-state index in [0.717, 1.165) is 25.7 Å². The first-order valence-corrected chi connectivity index (χ1v) is 9.40. The van der Waals surface area contributed by atoms with Gasteiger partial charge in [0.1, 0.15) is 4.90 Å². The summed E-state index contributed by atoms with van der Waals surface area (Å²) in [6.07, 6.45) is 5.46. The van der Waals surface area contributed by atoms with Gasteiger partial charge in [0.2, 0.25) is 10.0 Å². The summed E-state index contributed by atoms with van der Waals surface area (Å²) in [5, 5.41) is 0.0410. The number of ether oxygens (including phenoxy) is 1. The molecule has 0 bridgehead atoms. The van der Waals surface area contributed by atoms with Crippen LogP contribution in [0.4, 0.5) is 0 Å². The predicted molar refractivity (Wildman–Crippen MR) is 84.7 cm³/mol. The number of methoxy groups -OCH3 is 1. The van der Waals surface area contributed by atoms with E-state index in [1.165, 1.54) is 16.6 Å². The fraction of sp³-hybridized carbons (Fsp3) is 0.643. The van der Waals surface area contributed by atoms with Crippen LogP contribution in [0, 0.1) is 5.41 Å². The molecule has 1 aliphatic carbocycles. The summed E-state index contributed by atoms with van der Waals surface area (Å²) in [5.41, 5.74) is 0.245. The van der Waals surface area contributed by atoms with Crippen LogP contribution in [0.2, 0.25) is 10.2 Å². The zero-order valence-electron chi connectivity index (χ0n) is 12.3. The van der Waals surface area contributed by atoms with Crippen molar-refractivity contribution in [1.82, 2.24) is 9.29 Å². The molecule has 0 unspecified atom stereocenters. The summed E-state index contributed by atoms with van der Waals surface area (Å²) in [6.45, 7) is 0.973. The molecule has 2 aliphatic rings. The summed E-state index contributed by atoms with van der Waals surface area (Å²) >= 11 is 12.0. The molecular formula is C14H18Cl2N2O3S. The number of pyridine rings is 1. The molecule has 1 aromatic heterocycles. The number of sulfonamides is 1. The second kappa shape index (κ2) is 5.91. The Kier molecular flexibility index (Phi) is 4.42. The molecule has 2 fully saturated rings. The molecule has 1 aromatic rings. The molecule has 1 saturated heterocycles. The van der Waals surface area contributed by atoms with Crippen LogP contribution in [-0.2, 0) is 14.8 Å². The number of aromatic nitrogens is 1. The van der Waals surface area contributed by atoms with Crippen LogP contribution in [-0.4, -0.2) is 44.0 Å². The molecule has 122 valence electrons. The molecule has 0 amide bonds. The number of hydrogen-bond donors (Lipinski definition) is 0. The van der Waals surface area contributed by atoms with Gasteiger partial charge >= 0.3 is 0 Å². The van der Waals surface area contributed by atoms with Crippen molar-refractivity contribution in [1.29, 1.82) is 0 Å². The summed E-state index contributed by atoms with van der Waals surface area (Å²) in [6, 6.07) is 1.45. The van der Waals surface area contributed by atoms with Crippen molar-refractivity contribution in [3.05, 3.63) is 22.4 Å². The lowest BCUT2D eigenvalue weighted by Gasteiger charge is -2.51. The van der Waals surface area contributed by atoms with Crippen LogP contribution in [0.3, 0.4) is 0 Å². The Morgan fingerprint density at radius 1 is 1.32 bits per heavy atom. The van der Waals surface area contributed by atoms with E-state index >= 15 is 0 Å². The van der Waals surface area contributed by atoms with Gasteiger partial charge in [0, 0.05) is 26.4 Å². The standard InChI is InChI=1S/C14H18Cl2N2O3S/c1-21-10-8-14(9-10)3-6-18(7-4-14)22(19,20)12-11(15)2-5-17-13(12)16/h2,5,10H,3-4,6-9H2,1H3. The van der Waals surface area contributed by atoms with Gasteiger partial charge in [0.05, 0.1) is 11.1 Å². The highest BCUT2D eigenvalue weighted by atomic mass is 35.5. The lowest BCUT2D eigenvalue weighted by atomic mass is 9.62. The predicted octanol–water partition coefficient (Wildman–Crippen LogP) is 2.97. The van der Waals surface area contributed by atoms with Crippen LogP contribution in [0.25, 0.3) is 0 Å². The van der Waals surface area contributed by atoms with Crippen molar-refractivity contribution in [2.24, 2.45) is 5.41 Å². The minimum Gasteiger partial charge on any atom is -0.381 e. The Bertz CT molecular complexity index is 644. The quantitative estimate of drug-likeness (QED) is 0.773. The molecular weight excluding hydrogens is 347 g/mol. The molecule has 22 heavy (non-hydrogen) atoms. The molecule has 5 nitrogen and oxygen atoms in total. The Labute approximate surface area is 140 Å². The fourth-order valence-corrected chi connectivity index (χ4v) is 5.88. The highest BCUT2D eigenvalue weighted by Gasteiger charge is 2.47. The third-order valence-corrected chi connectivity index (χ3v) is 7.65. The van der Waals surface area contributed by atoms with Gasteiger partial charge in [-0.3, -0.25) is 0 Å². The van der Waals surface area contributed by atoms with E-state index in [1.807, 2.05) is 0 Å². The maximum atomic E-state index is 12.8. The fourth-order valence-electron chi connectivity index (χ4n) is 3.44. The summed E-state index contributed by atoms with van der Waals surface area (Å²) < 4.78 is 32.3. The molecule has 2 heterocycles. The van der Waals surface area contributed by atoms with Gasteiger partial charge in [-0.15, -0.1) is 0 Å². The van der Waals surface area contributed by atoms with Crippen molar-refractivity contribution >= 4 is 33.2 Å². The van der Waals surface area contributed by atoms with Gasteiger partial charge in [0.25, 0.3) is 0 Å². The topological polar surface area (TPSA) is 59.5 Å². The zero-order valence-corrected chi connectivity index (χ0v) is 14.6. The SMILES string of the molecule is COC1CC2(CCN(S(=O)(=O)c3c(Cl)ccnc3Cl)CC2)C1. The van der Waals surface area contributed by atoms with Crippen LogP contribution in [0.1, 0.15) is 25.7 Å². The maximum Gasteiger partial charge on any atom is 0.247 e. The first-order chi connectivity index (χ1) is 10.4. The molecule has 0 atom stereocenters. The molecule has 1 saturated carbocycles. The largest absolute Gasteiger partial charge is 0.381 e. The highest BCUT2D eigenvalue weighted by Crippen LogP contribution is 2.50. The van der Waals surface area contributed by atoms with E-state index in [-0.39, 0.29) is 20.5 Å². The molecule has 0 N–H and O–H groups in total. The van der Waals surface area contributed by atoms with Gasteiger partial charge in [-0.05, 0) is 37.2 Å². The van der Waals surface area contributed by atoms with Gasteiger partial charge in [-0.25, -0.2) is 13.4 Å². The monoisotopic (exact) mass is 364 g/mol. The Morgan fingerprint density at radius 3 is 2.50 bits per heavy atom. The lowest BCUT2D eigenvalue weighted by Crippen LogP contribution is -2.50. The van der Waals surface area contributed by atoms with Gasteiger partial charge < -0.3 is 4.74 Å².